The summed E-state index contributed by atoms with van der Waals surface area (Å²) in [5.74, 6) is -1.60. The van der Waals surface area contributed by atoms with E-state index in [0.29, 0.717) is 11.3 Å². The summed E-state index contributed by atoms with van der Waals surface area (Å²) in [7, 11) is 0. The zero-order valence-corrected chi connectivity index (χ0v) is 15.6. The Labute approximate surface area is 157 Å². The number of carbonyl (C=O) groups is 3. The van der Waals surface area contributed by atoms with Crippen LogP contribution in [0.15, 0.2) is 11.3 Å². The standard InChI is InChI=1S/C9H10N2O5S.2Na/c1-3-2-17-7-4(10-9(15)16)6(12)11(7)5(3)8(13)14;;/h4,7,10H,2H2,1H3,(H,13,14)(H,15,16);;/q;2*+1/p-2/t4-,7-;;/m1../s1. The van der Waals surface area contributed by atoms with Gasteiger partial charge in [0.15, 0.2) is 0 Å². The molecule has 0 spiro atoms. The number of amides is 2. The Balaban J connectivity index is 0.00000162. The van der Waals surface area contributed by atoms with E-state index in [1.54, 1.807) is 6.92 Å². The van der Waals surface area contributed by atoms with Crippen LogP contribution in [0.4, 0.5) is 4.79 Å². The fraction of sp³-hybridized carbons (Fsp3) is 0.444. The van der Waals surface area contributed by atoms with Crippen molar-refractivity contribution in [1.82, 2.24) is 10.2 Å². The molecule has 0 aliphatic carbocycles. The fourth-order valence-corrected chi connectivity index (χ4v) is 3.18. The minimum absolute atomic E-state index is 0. The van der Waals surface area contributed by atoms with Crippen molar-refractivity contribution in [2.75, 3.05) is 5.75 Å². The van der Waals surface area contributed by atoms with Crippen LogP contribution in [0.25, 0.3) is 0 Å². The van der Waals surface area contributed by atoms with E-state index in [1.807, 2.05) is 5.32 Å². The van der Waals surface area contributed by atoms with E-state index < -0.39 is 29.4 Å². The minimum Gasteiger partial charge on any atom is -0.543 e. The van der Waals surface area contributed by atoms with Gasteiger partial charge in [0.2, 0.25) is 0 Å². The maximum atomic E-state index is 11.6. The van der Waals surface area contributed by atoms with Crippen LogP contribution in [-0.4, -0.2) is 40.0 Å². The Morgan fingerprint density at radius 2 is 1.95 bits per heavy atom. The fourth-order valence-electron chi connectivity index (χ4n) is 1.89. The second-order valence-corrected chi connectivity index (χ2v) is 4.84. The minimum atomic E-state index is -1.55. The summed E-state index contributed by atoms with van der Waals surface area (Å²) in [6, 6.07) is -0.938. The monoisotopic (exact) mass is 302 g/mol. The summed E-state index contributed by atoms with van der Waals surface area (Å²) in [5, 5.41) is 22.7. The normalized spacial score (nSPS) is 24.5. The molecule has 2 aliphatic heterocycles. The van der Waals surface area contributed by atoms with Crippen LogP contribution in [0.1, 0.15) is 6.92 Å². The summed E-state index contributed by atoms with van der Waals surface area (Å²) in [4.78, 5) is 33.9. The molecule has 0 aromatic heterocycles. The number of carboxylic acid groups (broad SMARTS) is 2. The van der Waals surface area contributed by atoms with Crippen molar-refractivity contribution in [3.8, 4) is 0 Å². The summed E-state index contributed by atoms with van der Waals surface area (Å²) < 4.78 is 0. The van der Waals surface area contributed by atoms with E-state index in [2.05, 4.69) is 0 Å². The van der Waals surface area contributed by atoms with Gasteiger partial charge in [0.1, 0.15) is 17.5 Å². The van der Waals surface area contributed by atoms with Gasteiger partial charge in [-0.05, 0) is 12.5 Å². The molecule has 0 bridgehead atoms. The first-order valence-corrected chi connectivity index (χ1v) is 5.81. The first kappa shape index (κ1) is 19.3. The number of hydrogen-bond acceptors (Lipinski definition) is 6. The third-order valence-electron chi connectivity index (χ3n) is 2.63. The molecular formula is C9H8N2Na2O5S. The van der Waals surface area contributed by atoms with Crippen molar-refractivity contribution >= 4 is 29.7 Å². The van der Waals surface area contributed by atoms with Gasteiger partial charge in [-0.15, -0.1) is 11.8 Å². The zero-order valence-electron chi connectivity index (χ0n) is 10.8. The predicted molar refractivity (Wildman–Crippen MR) is 53.1 cm³/mol. The summed E-state index contributed by atoms with van der Waals surface area (Å²) in [6.45, 7) is 1.60. The molecule has 1 fully saturated rings. The number of carboxylic acids is 1. The van der Waals surface area contributed by atoms with Crippen LogP contribution < -0.4 is 74.6 Å². The first-order valence-electron chi connectivity index (χ1n) is 4.76. The molecule has 1 saturated heterocycles. The van der Waals surface area contributed by atoms with Crippen molar-refractivity contribution in [2.45, 2.75) is 18.3 Å². The van der Waals surface area contributed by atoms with E-state index in [9.17, 15) is 24.6 Å². The number of β-lactam (4-membered cyclic amide) rings is 1. The molecule has 10 heteroatoms. The number of nitrogens with one attached hydrogen (secondary N) is 1. The summed E-state index contributed by atoms with van der Waals surface area (Å²) in [5.41, 5.74) is 0.377. The van der Waals surface area contributed by atoms with Crippen LogP contribution >= 0.6 is 11.8 Å². The van der Waals surface area contributed by atoms with Crippen LogP contribution in [0.3, 0.4) is 0 Å². The Morgan fingerprint density at radius 3 is 2.42 bits per heavy atom. The Hall–Kier alpha value is 0.300. The van der Waals surface area contributed by atoms with Gasteiger partial charge in [-0.2, -0.15) is 0 Å². The topological polar surface area (TPSA) is 113 Å². The van der Waals surface area contributed by atoms with E-state index in [4.69, 9.17) is 0 Å². The number of aliphatic carboxylic acids is 1. The van der Waals surface area contributed by atoms with Crippen molar-refractivity contribution in [1.29, 1.82) is 0 Å². The van der Waals surface area contributed by atoms with Crippen LogP contribution in [0, 0.1) is 0 Å². The number of carbonyl (C=O) groups excluding carboxylic acids is 3. The number of rotatable bonds is 2. The largest absolute Gasteiger partial charge is 1.00 e. The molecule has 2 aliphatic rings. The van der Waals surface area contributed by atoms with Crippen molar-refractivity contribution in [3.05, 3.63) is 11.3 Å². The van der Waals surface area contributed by atoms with E-state index in [1.165, 1.54) is 11.8 Å². The van der Waals surface area contributed by atoms with Gasteiger partial charge in [0, 0.05) is 5.75 Å². The van der Waals surface area contributed by atoms with Crippen molar-refractivity contribution in [2.24, 2.45) is 0 Å². The Kier molecular flexibility index (Phi) is 7.46. The smallest absolute Gasteiger partial charge is 0.543 e. The second kappa shape index (κ2) is 7.35. The summed E-state index contributed by atoms with van der Waals surface area (Å²) >= 11 is 1.30. The maximum Gasteiger partial charge on any atom is 1.00 e. The SMILES string of the molecule is CC1=C(C(=O)[O-])N2C(=O)[C@@H](NC(=O)[O-])[C@H]2SC1.[Na+].[Na+]. The molecular weight excluding hydrogens is 294 g/mol. The quantitative estimate of drug-likeness (QED) is 0.400. The maximum absolute atomic E-state index is 11.6. The average molecular weight is 302 g/mol. The predicted octanol–water partition coefficient (Wildman–Crippen LogP) is -8.77. The molecule has 1 N–H and O–H groups in total. The van der Waals surface area contributed by atoms with Crippen LogP contribution in [-0.2, 0) is 9.59 Å². The third kappa shape index (κ3) is 3.49. The van der Waals surface area contributed by atoms with Gasteiger partial charge < -0.3 is 25.1 Å². The molecule has 0 aromatic rings. The molecule has 2 rings (SSSR count). The third-order valence-corrected chi connectivity index (χ3v) is 4.05. The molecule has 7 nitrogen and oxygen atoms in total. The molecule has 2 heterocycles. The van der Waals surface area contributed by atoms with Gasteiger partial charge in [0.05, 0.1) is 11.7 Å². The molecule has 92 valence electrons. The Morgan fingerprint density at radius 1 is 1.37 bits per heavy atom. The zero-order chi connectivity index (χ0) is 12.7. The van der Waals surface area contributed by atoms with E-state index in [-0.39, 0.29) is 64.8 Å². The second-order valence-electron chi connectivity index (χ2n) is 3.74. The van der Waals surface area contributed by atoms with E-state index >= 15 is 0 Å². The molecule has 0 unspecified atom stereocenters. The van der Waals surface area contributed by atoms with Gasteiger partial charge in [-0.3, -0.25) is 9.69 Å². The van der Waals surface area contributed by atoms with Gasteiger partial charge in [0.25, 0.3) is 5.91 Å². The van der Waals surface area contributed by atoms with Gasteiger partial charge in [-0.1, -0.05) is 0 Å². The van der Waals surface area contributed by atoms with Crippen molar-refractivity contribution in [3.63, 3.8) is 0 Å². The van der Waals surface area contributed by atoms with Gasteiger partial charge >= 0.3 is 59.1 Å². The average Bonchev–Trinajstić information content (AvgIpc) is 2.24. The first-order chi connectivity index (χ1) is 7.93. The van der Waals surface area contributed by atoms with Crippen molar-refractivity contribution < 1.29 is 83.7 Å². The number of nitrogens with zero attached hydrogens (tertiary/aromatic N) is 1. The molecule has 0 radical (unpaired) electrons. The van der Waals surface area contributed by atoms with Crippen LogP contribution in [0.5, 0.6) is 0 Å². The molecule has 0 saturated carbocycles. The number of hydrogen-bond donors (Lipinski definition) is 1. The van der Waals surface area contributed by atoms with Crippen LogP contribution in [0.2, 0.25) is 0 Å². The Bertz CT molecular complexity index is 456. The summed E-state index contributed by atoms with van der Waals surface area (Å²) in [6.07, 6.45) is -1.55. The molecule has 0 aromatic carbocycles. The van der Waals surface area contributed by atoms with E-state index in [0.717, 1.165) is 4.90 Å². The number of thioether (sulfide) groups is 1. The molecule has 19 heavy (non-hydrogen) atoms. The number of fused-ring (bicyclic) bond motifs is 1. The molecule has 2 atom stereocenters. The van der Waals surface area contributed by atoms with Gasteiger partial charge in [-0.25, -0.2) is 0 Å². The molecule has 2 amide bonds.